The van der Waals surface area contributed by atoms with Crippen molar-refractivity contribution >= 4 is 12.0 Å². The van der Waals surface area contributed by atoms with E-state index in [9.17, 15) is 14.7 Å². The van der Waals surface area contributed by atoms with Gasteiger partial charge in [-0.05, 0) is 55.7 Å². The number of methoxy groups -OCH3 is 1. The zero-order valence-corrected chi connectivity index (χ0v) is 17.4. The van der Waals surface area contributed by atoms with Crippen molar-refractivity contribution in [2.75, 3.05) is 20.2 Å². The fourth-order valence-corrected chi connectivity index (χ4v) is 4.18. The first kappa shape index (κ1) is 21.3. The van der Waals surface area contributed by atoms with Crippen LogP contribution in [-0.4, -0.2) is 48.3 Å². The molecule has 1 heterocycles. The number of carbonyl (C=O) groups excluding carboxylic acids is 2. The molecule has 2 amide bonds. The topological polar surface area (TPSA) is 88.1 Å². The zero-order valence-electron chi connectivity index (χ0n) is 17.4. The van der Waals surface area contributed by atoms with Gasteiger partial charge < -0.3 is 24.8 Å². The number of phenols is 1. The Morgan fingerprint density at radius 3 is 2.66 bits per heavy atom. The summed E-state index contributed by atoms with van der Waals surface area (Å²) in [6.07, 6.45) is 5.70. The Hall–Kier alpha value is -2.44. The number of aromatic hydroxyl groups is 1. The maximum absolute atomic E-state index is 12.5. The van der Waals surface area contributed by atoms with E-state index in [0.717, 1.165) is 37.2 Å². The van der Waals surface area contributed by atoms with Crippen LogP contribution in [0.3, 0.4) is 0 Å². The number of nitrogens with zero attached hydrogens (tertiary/aromatic N) is 1. The summed E-state index contributed by atoms with van der Waals surface area (Å²) in [5.41, 5.74) is 0.838. The van der Waals surface area contributed by atoms with Crippen LogP contribution in [0.5, 0.6) is 11.5 Å². The Labute approximate surface area is 172 Å². The summed E-state index contributed by atoms with van der Waals surface area (Å²) in [7, 11) is 1.49. The maximum Gasteiger partial charge on any atom is 0.410 e. The second-order valence-electron chi connectivity index (χ2n) is 8.09. The van der Waals surface area contributed by atoms with Crippen LogP contribution < -0.4 is 10.1 Å². The van der Waals surface area contributed by atoms with Crippen molar-refractivity contribution in [3.8, 4) is 11.5 Å². The van der Waals surface area contributed by atoms with E-state index in [1.807, 2.05) is 0 Å². The minimum atomic E-state index is -0.288. The van der Waals surface area contributed by atoms with E-state index in [1.54, 1.807) is 23.1 Å². The van der Waals surface area contributed by atoms with Crippen molar-refractivity contribution in [2.24, 2.45) is 11.8 Å². The van der Waals surface area contributed by atoms with E-state index in [1.165, 1.54) is 13.5 Å². The molecule has 0 radical (unpaired) electrons. The fourth-order valence-electron chi connectivity index (χ4n) is 4.18. The van der Waals surface area contributed by atoms with Gasteiger partial charge in [0.05, 0.1) is 13.0 Å². The number of likely N-dealkylation sites (tertiary alicyclic amines) is 1. The molecule has 0 unspecified atom stereocenters. The minimum absolute atomic E-state index is 0.0163. The number of phenolic OH excluding ortho intramolecular Hbond substituents is 1. The van der Waals surface area contributed by atoms with Gasteiger partial charge in [-0.1, -0.05) is 19.4 Å². The van der Waals surface area contributed by atoms with E-state index in [0.29, 0.717) is 31.8 Å². The number of ether oxygens (including phenoxy) is 2. The monoisotopic (exact) mass is 404 g/mol. The zero-order chi connectivity index (χ0) is 20.8. The van der Waals surface area contributed by atoms with Gasteiger partial charge >= 0.3 is 6.09 Å². The summed E-state index contributed by atoms with van der Waals surface area (Å²) in [4.78, 5) is 26.6. The molecule has 1 atom stereocenters. The molecule has 0 bridgehead atoms. The molecule has 7 heteroatoms. The highest BCUT2D eigenvalue weighted by molar-refractivity contribution is 5.80. The van der Waals surface area contributed by atoms with Crippen molar-refractivity contribution in [3.63, 3.8) is 0 Å². The normalized spacial score (nSPS) is 24.2. The summed E-state index contributed by atoms with van der Waals surface area (Å²) in [6, 6.07) is 4.98. The summed E-state index contributed by atoms with van der Waals surface area (Å²) in [5.74, 6) is 0.904. The first-order chi connectivity index (χ1) is 14.0. The largest absolute Gasteiger partial charge is 0.504 e. The fraction of sp³-hybridized carbons (Fsp3) is 0.636. The lowest BCUT2D eigenvalue weighted by Crippen LogP contribution is -2.36. The average Bonchev–Trinajstić information content (AvgIpc) is 3.24. The molecule has 2 fully saturated rings. The molecule has 1 saturated carbocycles. The van der Waals surface area contributed by atoms with Crippen molar-refractivity contribution in [1.82, 2.24) is 10.2 Å². The number of amides is 2. The highest BCUT2D eigenvalue weighted by Gasteiger charge is 2.33. The number of hydrogen-bond donors (Lipinski definition) is 2. The predicted octanol–water partition coefficient (Wildman–Crippen LogP) is 3.44. The number of hydrogen-bond acceptors (Lipinski definition) is 5. The Morgan fingerprint density at radius 1 is 1.21 bits per heavy atom. The molecule has 0 aromatic heterocycles. The lowest BCUT2D eigenvalue weighted by atomic mass is 9.86. The average molecular weight is 405 g/mol. The van der Waals surface area contributed by atoms with Gasteiger partial charge in [0.25, 0.3) is 0 Å². The summed E-state index contributed by atoms with van der Waals surface area (Å²) in [6.45, 7) is 3.50. The third kappa shape index (κ3) is 5.55. The van der Waals surface area contributed by atoms with Gasteiger partial charge in [-0.2, -0.15) is 0 Å². The highest BCUT2D eigenvalue weighted by atomic mass is 16.6. The van der Waals surface area contributed by atoms with Crippen LogP contribution in [0.4, 0.5) is 4.79 Å². The Kier molecular flexibility index (Phi) is 7.23. The van der Waals surface area contributed by atoms with Crippen LogP contribution in [0.25, 0.3) is 0 Å². The van der Waals surface area contributed by atoms with E-state index in [4.69, 9.17) is 9.47 Å². The predicted molar refractivity (Wildman–Crippen MR) is 109 cm³/mol. The number of benzene rings is 1. The van der Waals surface area contributed by atoms with Gasteiger partial charge in [0.2, 0.25) is 5.91 Å². The highest BCUT2D eigenvalue weighted by Crippen LogP contribution is 2.29. The number of rotatable bonds is 6. The van der Waals surface area contributed by atoms with E-state index in [2.05, 4.69) is 12.2 Å². The van der Waals surface area contributed by atoms with Gasteiger partial charge in [-0.3, -0.25) is 4.79 Å². The SMILES string of the molecule is CC[C@H]1CC[C@@H](OC(=O)N2CC[C@@H](C(=O)NCc3ccc(O)c(OC)c3)C2)CC1. The molecule has 1 aromatic rings. The van der Waals surface area contributed by atoms with Crippen LogP contribution in [0.15, 0.2) is 18.2 Å². The molecule has 2 aliphatic rings. The van der Waals surface area contributed by atoms with Gasteiger partial charge in [0.15, 0.2) is 11.5 Å². The second kappa shape index (κ2) is 9.85. The molecule has 7 nitrogen and oxygen atoms in total. The summed E-state index contributed by atoms with van der Waals surface area (Å²) in [5, 5.41) is 12.6. The number of nitrogens with one attached hydrogen (secondary N) is 1. The smallest absolute Gasteiger partial charge is 0.410 e. The van der Waals surface area contributed by atoms with Crippen LogP contribution in [-0.2, 0) is 16.1 Å². The molecule has 1 aliphatic carbocycles. The molecule has 1 aliphatic heterocycles. The molecular formula is C22H32N2O5. The minimum Gasteiger partial charge on any atom is -0.504 e. The maximum atomic E-state index is 12.5. The molecule has 0 spiro atoms. The lowest BCUT2D eigenvalue weighted by molar-refractivity contribution is -0.124. The van der Waals surface area contributed by atoms with Crippen LogP contribution in [0.1, 0.15) is 51.0 Å². The molecular weight excluding hydrogens is 372 g/mol. The van der Waals surface area contributed by atoms with E-state index < -0.39 is 0 Å². The molecule has 1 saturated heterocycles. The second-order valence-corrected chi connectivity index (χ2v) is 8.09. The summed E-state index contributed by atoms with van der Waals surface area (Å²) < 4.78 is 10.8. The summed E-state index contributed by atoms with van der Waals surface area (Å²) >= 11 is 0. The molecule has 3 rings (SSSR count). The quantitative estimate of drug-likeness (QED) is 0.758. The van der Waals surface area contributed by atoms with E-state index >= 15 is 0 Å². The third-order valence-electron chi connectivity index (χ3n) is 6.17. The Morgan fingerprint density at radius 2 is 1.97 bits per heavy atom. The van der Waals surface area contributed by atoms with Crippen molar-refractivity contribution in [1.29, 1.82) is 0 Å². The van der Waals surface area contributed by atoms with Crippen molar-refractivity contribution in [3.05, 3.63) is 23.8 Å². The molecule has 1 aromatic carbocycles. The van der Waals surface area contributed by atoms with Crippen molar-refractivity contribution in [2.45, 2.75) is 58.1 Å². The molecule has 29 heavy (non-hydrogen) atoms. The number of carbonyl (C=O) groups is 2. The molecule has 2 N–H and O–H groups in total. The van der Waals surface area contributed by atoms with Crippen LogP contribution >= 0.6 is 0 Å². The van der Waals surface area contributed by atoms with Crippen LogP contribution in [0.2, 0.25) is 0 Å². The van der Waals surface area contributed by atoms with Gasteiger partial charge in [-0.15, -0.1) is 0 Å². The van der Waals surface area contributed by atoms with Crippen molar-refractivity contribution < 1.29 is 24.2 Å². The first-order valence-electron chi connectivity index (χ1n) is 10.6. The Balaban J connectivity index is 1.42. The standard InChI is InChI=1S/C22H32N2O5/c1-3-15-4-7-18(8-5-15)29-22(27)24-11-10-17(14-24)21(26)23-13-16-6-9-19(25)20(12-16)28-2/h6,9,12,15,17-18,25H,3-5,7-8,10-11,13-14H2,1-2H3,(H,23,26)/t15-,17-,18+/m1/s1. The van der Waals surface area contributed by atoms with E-state index in [-0.39, 0.29) is 29.8 Å². The van der Waals surface area contributed by atoms with Gasteiger partial charge in [0, 0.05) is 19.6 Å². The lowest BCUT2D eigenvalue weighted by Gasteiger charge is -2.29. The van der Waals surface area contributed by atoms with Gasteiger partial charge in [-0.25, -0.2) is 4.79 Å². The Bertz CT molecular complexity index is 715. The van der Waals surface area contributed by atoms with Crippen LogP contribution in [0, 0.1) is 11.8 Å². The third-order valence-corrected chi connectivity index (χ3v) is 6.17. The first-order valence-corrected chi connectivity index (χ1v) is 10.6. The van der Waals surface area contributed by atoms with Gasteiger partial charge in [0.1, 0.15) is 6.10 Å². The molecule has 160 valence electrons.